The predicted molar refractivity (Wildman–Crippen MR) is 86.5 cm³/mol. The highest BCUT2D eigenvalue weighted by Crippen LogP contribution is 2.49. The lowest BCUT2D eigenvalue weighted by Gasteiger charge is -2.21. The average molecular weight is 336 g/mol. The number of ether oxygens (including phenoxy) is 2. The Morgan fingerprint density at radius 3 is 2.92 bits per heavy atom. The minimum atomic E-state index is -0.806. The molecule has 126 valence electrons. The Hall–Kier alpha value is -3.07. The molecule has 3 aliphatic rings. The van der Waals surface area contributed by atoms with Gasteiger partial charge in [0.15, 0.2) is 0 Å². The standard InChI is InChI=1S/C19H16N2O4/c1-11-8-16(25-19(11)23)24-10-15-14-9-12-4-2-3-5-13(12)17(14)21(7-6-20)18(15)22/h2-5,8,10,14,16-17H,7,9H2,1H3/b15-10+. The van der Waals surface area contributed by atoms with Crippen molar-refractivity contribution >= 4 is 11.9 Å². The van der Waals surface area contributed by atoms with Gasteiger partial charge in [-0.25, -0.2) is 4.79 Å². The molecule has 2 aliphatic heterocycles. The van der Waals surface area contributed by atoms with Gasteiger partial charge in [-0.15, -0.1) is 0 Å². The molecule has 25 heavy (non-hydrogen) atoms. The van der Waals surface area contributed by atoms with E-state index in [0.29, 0.717) is 11.1 Å². The molecule has 1 aromatic carbocycles. The lowest BCUT2D eigenvalue weighted by molar-refractivity contribution is -0.152. The number of rotatable bonds is 3. The fourth-order valence-corrected chi connectivity index (χ4v) is 3.79. The molecular formula is C19H16N2O4. The molecule has 1 fully saturated rings. The fourth-order valence-electron chi connectivity index (χ4n) is 3.79. The maximum absolute atomic E-state index is 12.8. The first kappa shape index (κ1) is 15.5. The van der Waals surface area contributed by atoms with Crippen molar-refractivity contribution in [3.8, 4) is 6.07 Å². The van der Waals surface area contributed by atoms with E-state index in [1.165, 1.54) is 11.8 Å². The van der Waals surface area contributed by atoms with Gasteiger partial charge in [-0.2, -0.15) is 5.26 Å². The highest BCUT2D eigenvalue weighted by Gasteiger charge is 2.49. The minimum Gasteiger partial charge on any atom is -0.458 e. The van der Waals surface area contributed by atoms with Crippen molar-refractivity contribution in [3.05, 3.63) is 58.9 Å². The van der Waals surface area contributed by atoms with Gasteiger partial charge in [0, 0.05) is 17.6 Å². The zero-order valence-corrected chi connectivity index (χ0v) is 13.6. The molecular weight excluding hydrogens is 320 g/mol. The van der Waals surface area contributed by atoms with Crippen LogP contribution in [0.2, 0.25) is 0 Å². The molecule has 0 bridgehead atoms. The third-order valence-corrected chi connectivity index (χ3v) is 4.94. The molecule has 4 rings (SSSR count). The summed E-state index contributed by atoms with van der Waals surface area (Å²) >= 11 is 0. The van der Waals surface area contributed by atoms with Gasteiger partial charge in [-0.3, -0.25) is 4.79 Å². The van der Waals surface area contributed by atoms with Gasteiger partial charge in [-0.1, -0.05) is 24.3 Å². The number of carbonyl (C=O) groups is 2. The highest BCUT2D eigenvalue weighted by molar-refractivity contribution is 5.97. The van der Waals surface area contributed by atoms with Gasteiger partial charge in [0.05, 0.1) is 23.9 Å². The van der Waals surface area contributed by atoms with E-state index >= 15 is 0 Å². The van der Waals surface area contributed by atoms with Gasteiger partial charge >= 0.3 is 5.97 Å². The normalized spacial score (nSPS) is 28.5. The van der Waals surface area contributed by atoms with Crippen LogP contribution >= 0.6 is 0 Å². The number of hydrogen-bond acceptors (Lipinski definition) is 5. The topological polar surface area (TPSA) is 79.6 Å². The number of amides is 1. The largest absolute Gasteiger partial charge is 0.458 e. The molecule has 3 unspecified atom stereocenters. The second-order valence-corrected chi connectivity index (χ2v) is 6.38. The Kier molecular flexibility index (Phi) is 3.57. The van der Waals surface area contributed by atoms with Gasteiger partial charge < -0.3 is 14.4 Å². The first-order chi connectivity index (χ1) is 12.1. The van der Waals surface area contributed by atoms with Crippen molar-refractivity contribution in [2.24, 2.45) is 5.92 Å². The zero-order valence-electron chi connectivity index (χ0n) is 13.6. The molecule has 1 saturated heterocycles. The quantitative estimate of drug-likeness (QED) is 0.365. The predicted octanol–water partition coefficient (Wildman–Crippen LogP) is 2.00. The number of nitriles is 1. The number of nitrogens with zero attached hydrogens (tertiary/aromatic N) is 2. The number of esters is 1. The molecule has 6 nitrogen and oxygen atoms in total. The van der Waals surface area contributed by atoms with Crippen LogP contribution in [0.5, 0.6) is 0 Å². The Morgan fingerprint density at radius 2 is 2.20 bits per heavy atom. The monoisotopic (exact) mass is 336 g/mol. The summed E-state index contributed by atoms with van der Waals surface area (Å²) in [6.45, 7) is 1.68. The molecule has 1 amide bonds. The molecule has 0 saturated carbocycles. The molecule has 1 aromatic rings. The van der Waals surface area contributed by atoms with Crippen LogP contribution in [0.3, 0.4) is 0 Å². The van der Waals surface area contributed by atoms with E-state index in [9.17, 15) is 9.59 Å². The van der Waals surface area contributed by atoms with Crippen LogP contribution in [0.15, 0.2) is 47.7 Å². The van der Waals surface area contributed by atoms with E-state index in [2.05, 4.69) is 6.07 Å². The number of benzene rings is 1. The Balaban J connectivity index is 1.64. The van der Waals surface area contributed by atoms with Crippen LogP contribution in [-0.2, 0) is 25.5 Å². The van der Waals surface area contributed by atoms with E-state index in [1.807, 2.05) is 24.3 Å². The molecule has 1 aliphatic carbocycles. The average Bonchev–Trinajstić information content (AvgIpc) is 3.20. The highest BCUT2D eigenvalue weighted by atomic mass is 16.7. The smallest absolute Gasteiger partial charge is 0.336 e. The van der Waals surface area contributed by atoms with E-state index in [-0.39, 0.29) is 24.4 Å². The lowest BCUT2D eigenvalue weighted by atomic mass is 9.97. The summed E-state index contributed by atoms with van der Waals surface area (Å²) in [5, 5.41) is 9.10. The first-order valence-corrected chi connectivity index (χ1v) is 8.11. The van der Waals surface area contributed by atoms with Crippen LogP contribution in [0.25, 0.3) is 0 Å². The molecule has 0 aromatic heterocycles. The van der Waals surface area contributed by atoms with Crippen molar-refractivity contribution in [3.63, 3.8) is 0 Å². The third kappa shape index (κ3) is 2.40. The Bertz CT molecular complexity index is 864. The number of cyclic esters (lactones) is 1. The van der Waals surface area contributed by atoms with Gasteiger partial charge in [0.1, 0.15) is 6.54 Å². The molecule has 0 radical (unpaired) electrons. The molecule has 0 spiro atoms. The minimum absolute atomic E-state index is 0.0309. The number of fused-ring (bicyclic) bond motifs is 3. The summed E-state index contributed by atoms with van der Waals surface area (Å²) in [6, 6.07) is 9.91. The van der Waals surface area contributed by atoms with E-state index in [4.69, 9.17) is 14.7 Å². The second kappa shape index (κ2) is 5.78. The maximum Gasteiger partial charge on any atom is 0.336 e. The van der Waals surface area contributed by atoms with Gasteiger partial charge in [0.25, 0.3) is 12.2 Å². The summed E-state index contributed by atoms with van der Waals surface area (Å²) in [5.41, 5.74) is 3.27. The number of carbonyl (C=O) groups excluding carboxylic acids is 2. The molecule has 6 heteroatoms. The summed E-state index contributed by atoms with van der Waals surface area (Å²) in [5.74, 6) is -0.671. The Labute approximate surface area is 144 Å². The van der Waals surface area contributed by atoms with Gasteiger partial charge in [-0.05, 0) is 24.5 Å². The second-order valence-electron chi connectivity index (χ2n) is 6.38. The summed E-state index contributed by atoms with van der Waals surface area (Å²) in [6.07, 6.45) is 2.89. The molecule has 3 atom stereocenters. The van der Waals surface area contributed by atoms with Crippen LogP contribution in [0.1, 0.15) is 24.1 Å². The Morgan fingerprint density at radius 1 is 1.40 bits per heavy atom. The number of likely N-dealkylation sites (tertiary alicyclic amines) is 1. The molecule has 0 N–H and O–H groups in total. The molecule has 2 heterocycles. The van der Waals surface area contributed by atoms with Crippen LogP contribution in [-0.4, -0.2) is 29.6 Å². The number of hydrogen-bond donors (Lipinski definition) is 0. The summed E-state index contributed by atoms with van der Waals surface area (Å²) < 4.78 is 10.6. The summed E-state index contributed by atoms with van der Waals surface area (Å²) in [4.78, 5) is 25.8. The van der Waals surface area contributed by atoms with Crippen LogP contribution in [0.4, 0.5) is 0 Å². The SMILES string of the molecule is CC1=CC(O/C=C2/C(=O)N(CC#N)C3c4ccccc4CC23)OC1=O. The fraction of sp³-hybridized carbons (Fsp3) is 0.316. The third-order valence-electron chi connectivity index (χ3n) is 4.94. The van der Waals surface area contributed by atoms with Crippen molar-refractivity contribution in [2.75, 3.05) is 6.54 Å². The van der Waals surface area contributed by atoms with E-state index in [0.717, 1.165) is 12.0 Å². The van der Waals surface area contributed by atoms with Gasteiger partial charge in [0.2, 0.25) is 0 Å². The summed E-state index contributed by atoms with van der Waals surface area (Å²) in [7, 11) is 0. The van der Waals surface area contributed by atoms with Crippen molar-refractivity contribution < 1.29 is 19.1 Å². The van der Waals surface area contributed by atoms with E-state index in [1.54, 1.807) is 17.9 Å². The maximum atomic E-state index is 12.8. The lowest BCUT2D eigenvalue weighted by Crippen LogP contribution is -2.28. The van der Waals surface area contributed by atoms with Crippen molar-refractivity contribution in [2.45, 2.75) is 25.7 Å². The van der Waals surface area contributed by atoms with Crippen molar-refractivity contribution in [1.82, 2.24) is 4.90 Å². The van der Waals surface area contributed by atoms with Crippen LogP contribution < -0.4 is 0 Å². The first-order valence-electron chi connectivity index (χ1n) is 8.11. The van der Waals surface area contributed by atoms with E-state index < -0.39 is 12.3 Å². The van der Waals surface area contributed by atoms with Crippen LogP contribution in [0, 0.1) is 17.2 Å². The zero-order chi connectivity index (χ0) is 17.6. The van der Waals surface area contributed by atoms with Crippen molar-refractivity contribution in [1.29, 1.82) is 5.26 Å².